The molecule has 0 aliphatic heterocycles. The molecular formula is C16H14FN3O2S. The number of carbonyl (C=O) groups is 1. The lowest BCUT2D eigenvalue weighted by Crippen LogP contribution is -2.32. The minimum absolute atomic E-state index is 0.0636. The van der Waals surface area contributed by atoms with Crippen molar-refractivity contribution >= 4 is 34.4 Å². The SMILES string of the molecule is CCC(Oc1ccccc1F)C(=O)Nc1ccc2nsnc2c1. The fourth-order valence-electron chi connectivity index (χ4n) is 2.10. The Kier molecular flexibility index (Phi) is 4.47. The Balaban J connectivity index is 1.73. The second-order valence-corrected chi connectivity index (χ2v) is 5.43. The maximum Gasteiger partial charge on any atom is 0.265 e. The average Bonchev–Trinajstić information content (AvgIpc) is 3.01. The van der Waals surface area contributed by atoms with E-state index >= 15 is 0 Å². The third-order valence-corrected chi connectivity index (χ3v) is 3.85. The van der Waals surface area contributed by atoms with Crippen LogP contribution in [-0.2, 0) is 4.79 Å². The summed E-state index contributed by atoms with van der Waals surface area (Å²) in [5.74, 6) is -0.763. The molecule has 0 saturated carbocycles. The molecule has 1 amide bonds. The molecule has 0 radical (unpaired) electrons. The van der Waals surface area contributed by atoms with Crippen LogP contribution in [0.5, 0.6) is 5.75 Å². The van der Waals surface area contributed by atoms with Gasteiger partial charge in [-0.1, -0.05) is 19.1 Å². The van der Waals surface area contributed by atoms with Crippen molar-refractivity contribution in [2.24, 2.45) is 0 Å². The van der Waals surface area contributed by atoms with Gasteiger partial charge in [-0.15, -0.1) is 0 Å². The maximum absolute atomic E-state index is 13.6. The van der Waals surface area contributed by atoms with Crippen molar-refractivity contribution in [3.63, 3.8) is 0 Å². The highest BCUT2D eigenvalue weighted by molar-refractivity contribution is 7.00. The summed E-state index contributed by atoms with van der Waals surface area (Å²) >= 11 is 1.12. The second kappa shape index (κ2) is 6.70. The highest BCUT2D eigenvalue weighted by Crippen LogP contribution is 2.20. The summed E-state index contributed by atoms with van der Waals surface area (Å²) in [6.45, 7) is 1.80. The van der Waals surface area contributed by atoms with Crippen LogP contribution in [0, 0.1) is 5.82 Å². The number of benzene rings is 2. The summed E-state index contributed by atoms with van der Waals surface area (Å²) in [4.78, 5) is 12.3. The first-order chi connectivity index (χ1) is 11.2. The van der Waals surface area contributed by atoms with Crippen molar-refractivity contribution in [3.8, 4) is 5.75 Å². The summed E-state index contributed by atoms with van der Waals surface area (Å²) in [6, 6.07) is 11.3. The fourth-order valence-corrected chi connectivity index (χ4v) is 2.62. The summed E-state index contributed by atoms with van der Waals surface area (Å²) in [7, 11) is 0. The molecule has 1 unspecified atom stereocenters. The van der Waals surface area contributed by atoms with Gasteiger partial charge in [-0.3, -0.25) is 4.79 Å². The van der Waals surface area contributed by atoms with E-state index in [1.807, 2.05) is 0 Å². The van der Waals surface area contributed by atoms with Crippen LogP contribution in [0.1, 0.15) is 13.3 Å². The lowest BCUT2D eigenvalue weighted by molar-refractivity contribution is -0.122. The van der Waals surface area contributed by atoms with Gasteiger partial charge in [0.05, 0.1) is 11.7 Å². The summed E-state index contributed by atoms with van der Waals surface area (Å²) in [5, 5.41) is 2.77. The first-order valence-electron chi connectivity index (χ1n) is 7.11. The zero-order chi connectivity index (χ0) is 16.2. The predicted octanol–water partition coefficient (Wildman–Crippen LogP) is 3.63. The van der Waals surface area contributed by atoms with Crippen LogP contribution < -0.4 is 10.1 Å². The van der Waals surface area contributed by atoms with Crippen LogP contribution in [0.25, 0.3) is 11.0 Å². The molecule has 0 saturated heterocycles. The van der Waals surface area contributed by atoms with E-state index in [9.17, 15) is 9.18 Å². The lowest BCUT2D eigenvalue weighted by atomic mass is 10.2. The first kappa shape index (κ1) is 15.4. The number of fused-ring (bicyclic) bond motifs is 1. The quantitative estimate of drug-likeness (QED) is 0.775. The summed E-state index contributed by atoms with van der Waals surface area (Å²) < 4.78 is 27.4. The first-order valence-corrected chi connectivity index (χ1v) is 7.85. The molecule has 0 spiro atoms. The van der Waals surface area contributed by atoms with E-state index in [0.717, 1.165) is 22.8 Å². The Morgan fingerprint density at radius 2 is 2.04 bits per heavy atom. The number of anilines is 1. The topological polar surface area (TPSA) is 64.1 Å². The molecule has 0 aliphatic carbocycles. The third kappa shape index (κ3) is 3.45. The van der Waals surface area contributed by atoms with E-state index < -0.39 is 11.9 Å². The molecule has 1 atom stereocenters. The van der Waals surface area contributed by atoms with Crippen molar-refractivity contribution in [1.29, 1.82) is 0 Å². The molecule has 118 valence electrons. The molecule has 1 heterocycles. The Labute approximate surface area is 136 Å². The zero-order valence-corrected chi connectivity index (χ0v) is 13.1. The smallest absolute Gasteiger partial charge is 0.265 e. The number of halogens is 1. The van der Waals surface area contributed by atoms with Crippen molar-refractivity contribution < 1.29 is 13.9 Å². The average molecular weight is 331 g/mol. The molecule has 3 rings (SSSR count). The van der Waals surface area contributed by atoms with Gasteiger partial charge in [0.15, 0.2) is 17.7 Å². The Morgan fingerprint density at radius 3 is 2.83 bits per heavy atom. The largest absolute Gasteiger partial charge is 0.478 e. The van der Waals surface area contributed by atoms with Crippen LogP contribution in [0.3, 0.4) is 0 Å². The maximum atomic E-state index is 13.6. The Morgan fingerprint density at radius 1 is 1.26 bits per heavy atom. The summed E-state index contributed by atoms with van der Waals surface area (Å²) in [5.41, 5.74) is 2.10. The molecule has 2 aromatic carbocycles. The number of ether oxygens (including phenoxy) is 1. The predicted molar refractivity (Wildman–Crippen MR) is 87.2 cm³/mol. The van der Waals surface area contributed by atoms with Crippen molar-refractivity contribution in [2.75, 3.05) is 5.32 Å². The molecule has 1 aromatic heterocycles. The molecule has 23 heavy (non-hydrogen) atoms. The standard InChI is InChI=1S/C16H14FN3O2S/c1-2-14(22-15-6-4-3-5-11(15)17)16(21)18-10-7-8-12-13(9-10)20-23-19-12/h3-9,14H,2H2,1H3,(H,18,21). The number of amides is 1. The zero-order valence-electron chi connectivity index (χ0n) is 12.3. The normalized spacial score (nSPS) is 12.1. The van der Waals surface area contributed by atoms with Crippen LogP contribution >= 0.6 is 11.7 Å². The molecule has 0 fully saturated rings. The molecule has 5 nitrogen and oxygen atoms in total. The van der Waals surface area contributed by atoms with Gasteiger partial charge in [0.25, 0.3) is 5.91 Å². The minimum atomic E-state index is -0.781. The van der Waals surface area contributed by atoms with Gasteiger partial charge >= 0.3 is 0 Å². The molecule has 7 heteroatoms. The van der Waals surface area contributed by atoms with E-state index in [0.29, 0.717) is 12.1 Å². The number of rotatable bonds is 5. The van der Waals surface area contributed by atoms with Crippen molar-refractivity contribution in [1.82, 2.24) is 8.75 Å². The van der Waals surface area contributed by atoms with E-state index in [1.165, 1.54) is 12.1 Å². The number of hydrogen-bond donors (Lipinski definition) is 1. The van der Waals surface area contributed by atoms with Gasteiger partial charge in [0.2, 0.25) is 0 Å². The van der Waals surface area contributed by atoms with Crippen molar-refractivity contribution in [3.05, 3.63) is 48.3 Å². The van der Waals surface area contributed by atoms with E-state index in [1.54, 1.807) is 37.3 Å². The third-order valence-electron chi connectivity index (χ3n) is 3.29. The van der Waals surface area contributed by atoms with E-state index in [4.69, 9.17) is 4.74 Å². The van der Waals surface area contributed by atoms with E-state index in [-0.39, 0.29) is 11.7 Å². The number of aromatic nitrogens is 2. The number of hydrogen-bond acceptors (Lipinski definition) is 5. The minimum Gasteiger partial charge on any atom is -0.478 e. The Hall–Kier alpha value is -2.54. The molecular weight excluding hydrogens is 317 g/mol. The highest BCUT2D eigenvalue weighted by Gasteiger charge is 2.20. The number of nitrogens with zero attached hydrogens (tertiary/aromatic N) is 2. The fraction of sp³-hybridized carbons (Fsp3) is 0.188. The van der Waals surface area contributed by atoms with Crippen LogP contribution in [0.4, 0.5) is 10.1 Å². The van der Waals surface area contributed by atoms with Crippen LogP contribution in [0.15, 0.2) is 42.5 Å². The summed E-state index contributed by atoms with van der Waals surface area (Å²) in [6.07, 6.45) is -0.364. The highest BCUT2D eigenvalue weighted by atomic mass is 32.1. The van der Waals surface area contributed by atoms with Gasteiger partial charge in [-0.25, -0.2) is 4.39 Å². The molecule has 0 aliphatic rings. The number of carbonyl (C=O) groups excluding carboxylic acids is 1. The van der Waals surface area contributed by atoms with Crippen LogP contribution in [-0.4, -0.2) is 20.8 Å². The van der Waals surface area contributed by atoms with Gasteiger partial charge in [-0.05, 0) is 36.8 Å². The Bertz CT molecular complexity index is 837. The second-order valence-electron chi connectivity index (χ2n) is 4.90. The van der Waals surface area contributed by atoms with Gasteiger partial charge in [0.1, 0.15) is 11.0 Å². The van der Waals surface area contributed by atoms with Crippen LogP contribution in [0.2, 0.25) is 0 Å². The van der Waals surface area contributed by atoms with E-state index in [2.05, 4.69) is 14.1 Å². The number of nitrogens with one attached hydrogen (secondary N) is 1. The van der Waals surface area contributed by atoms with Gasteiger partial charge in [0, 0.05) is 5.69 Å². The molecule has 1 N–H and O–H groups in total. The lowest BCUT2D eigenvalue weighted by Gasteiger charge is -2.17. The molecule has 0 bridgehead atoms. The van der Waals surface area contributed by atoms with Gasteiger partial charge in [-0.2, -0.15) is 8.75 Å². The molecule has 3 aromatic rings. The monoisotopic (exact) mass is 331 g/mol. The number of para-hydroxylation sites is 1. The van der Waals surface area contributed by atoms with Crippen molar-refractivity contribution in [2.45, 2.75) is 19.4 Å². The van der Waals surface area contributed by atoms with Gasteiger partial charge < -0.3 is 10.1 Å².